The highest BCUT2D eigenvalue weighted by Crippen LogP contribution is 2.31. The van der Waals surface area contributed by atoms with E-state index in [1.54, 1.807) is 30.1 Å². The first-order valence-electron chi connectivity index (χ1n) is 8.00. The largest absolute Gasteiger partial charge is 0.482 e. The first-order chi connectivity index (χ1) is 12.0. The first-order valence-corrected chi connectivity index (χ1v) is 8.38. The zero-order valence-corrected chi connectivity index (χ0v) is 14.9. The zero-order chi connectivity index (χ0) is 18.0. The van der Waals surface area contributed by atoms with Crippen LogP contribution in [0.1, 0.15) is 18.5 Å². The number of hydrogen-bond acceptors (Lipinski definition) is 3. The molecule has 25 heavy (non-hydrogen) atoms. The summed E-state index contributed by atoms with van der Waals surface area (Å²) in [6.45, 7) is 1.84. The second kappa shape index (κ2) is 7.15. The minimum atomic E-state index is -0.226. The van der Waals surface area contributed by atoms with Crippen LogP contribution in [-0.2, 0) is 9.59 Å². The molecular formula is C19H19ClN2O3. The van der Waals surface area contributed by atoms with Gasteiger partial charge in [0.15, 0.2) is 6.61 Å². The molecule has 0 N–H and O–H groups in total. The third-order valence-electron chi connectivity index (χ3n) is 4.41. The van der Waals surface area contributed by atoms with Crippen molar-refractivity contribution in [2.75, 3.05) is 25.1 Å². The fourth-order valence-electron chi connectivity index (χ4n) is 2.78. The van der Waals surface area contributed by atoms with Crippen LogP contribution in [0.4, 0.5) is 5.69 Å². The van der Waals surface area contributed by atoms with Gasteiger partial charge in [0.1, 0.15) is 12.3 Å². The summed E-state index contributed by atoms with van der Waals surface area (Å²) < 4.78 is 5.41. The molecule has 5 nitrogen and oxygen atoms in total. The topological polar surface area (TPSA) is 49.9 Å². The minimum absolute atomic E-state index is 0.0272. The van der Waals surface area contributed by atoms with Gasteiger partial charge in [0, 0.05) is 12.1 Å². The molecule has 3 rings (SSSR count). The Balaban J connectivity index is 1.76. The quantitative estimate of drug-likeness (QED) is 0.842. The predicted octanol–water partition coefficient (Wildman–Crippen LogP) is 3.29. The third kappa shape index (κ3) is 3.61. The van der Waals surface area contributed by atoms with Crippen LogP contribution >= 0.6 is 11.6 Å². The number of carbonyl (C=O) groups excluding carboxylic acids is 2. The van der Waals surface area contributed by atoms with Crippen molar-refractivity contribution in [2.45, 2.75) is 13.0 Å². The average Bonchev–Trinajstić information content (AvgIpc) is 2.62. The third-order valence-corrected chi connectivity index (χ3v) is 4.64. The maximum absolute atomic E-state index is 12.7. The number of amides is 2. The number of benzene rings is 2. The molecule has 1 aliphatic rings. The fourth-order valence-corrected chi connectivity index (χ4v) is 2.98. The van der Waals surface area contributed by atoms with Crippen molar-refractivity contribution >= 4 is 29.1 Å². The van der Waals surface area contributed by atoms with Crippen LogP contribution in [0.25, 0.3) is 0 Å². The molecule has 2 amide bonds. The highest BCUT2D eigenvalue weighted by molar-refractivity contribution is 6.30. The van der Waals surface area contributed by atoms with Crippen LogP contribution in [0.3, 0.4) is 0 Å². The number of nitrogens with zero attached hydrogens (tertiary/aromatic N) is 2. The molecule has 2 aromatic carbocycles. The van der Waals surface area contributed by atoms with Crippen molar-refractivity contribution in [3.8, 4) is 5.75 Å². The average molecular weight is 359 g/mol. The summed E-state index contributed by atoms with van der Waals surface area (Å²) in [5.41, 5.74) is 1.56. The molecule has 130 valence electrons. The van der Waals surface area contributed by atoms with Gasteiger partial charge in [-0.25, -0.2) is 0 Å². The molecule has 1 unspecified atom stereocenters. The molecule has 0 aromatic heterocycles. The predicted molar refractivity (Wildman–Crippen MR) is 96.9 cm³/mol. The molecule has 1 aliphatic heterocycles. The molecule has 0 fully saturated rings. The van der Waals surface area contributed by atoms with E-state index in [0.717, 1.165) is 5.56 Å². The number of halogens is 1. The number of likely N-dealkylation sites (N-methyl/N-ethyl adjacent to an activating group) is 1. The van der Waals surface area contributed by atoms with Gasteiger partial charge in [-0.2, -0.15) is 0 Å². The van der Waals surface area contributed by atoms with Crippen molar-refractivity contribution in [3.63, 3.8) is 0 Å². The lowest BCUT2D eigenvalue weighted by Gasteiger charge is -2.32. The molecule has 0 bridgehead atoms. The second-order valence-corrected chi connectivity index (χ2v) is 6.41. The van der Waals surface area contributed by atoms with E-state index in [0.29, 0.717) is 16.5 Å². The summed E-state index contributed by atoms with van der Waals surface area (Å²) in [5, 5.41) is 0.627. The Kier molecular flexibility index (Phi) is 4.95. The van der Waals surface area contributed by atoms with Gasteiger partial charge in [-0.05, 0) is 36.8 Å². The summed E-state index contributed by atoms with van der Waals surface area (Å²) in [6.07, 6.45) is 0. The van der Waals surface area contributed by atoms with Crippen LogP contribution in [-0.4, -0.2) is 36.9 Å². The smallest absolute Gasteiger partial charge is 0.265 e. The van der Waals surface area contributed by atoms with Gasteiger partial charge < -0.3 is 9.64 Å². The summed E-state index contributed by atoms with van der Waals surface area (Å²) in [7, 11) is 1.73. The van der Waals surface area contributed by atoms with Crippen LogP contribution < -0.4 is 9.64 Å². The van der Waals surface area contributed by atoms with Crippen LogP contribution in [0, 0.1) is 0 Å². The molecule has 0 aliphatic carbocycles. The molecule has 0 spiro atoms. The normalized spacial score (nSPS) is 14.5. The fraction of sp³-hybridized carbons (Fsp3) is 0.263. The number of para-hydroxylation sites is 2. The Bertz CT molecular complexity index is 809. The van der Waals surface area contributed by atoms with E-state index < -0.39 is 0 Å². The molecule has 1 atom stereocenters. The number of carbonyl (C=O) groups is 2. The van der Waals surface area contributed by atoms with Crippen molar-refractivity contribution in [1.29, 1.82) is 0 Å². The Labute approximate surface area is 151 Å². The van der Waals surface area contributed by atoms with Gasteiger partial charge in [-0.1, -0.05) is 35.9 Å². The summed E-state index contributed by atoms with van der Waals surface area (Å²) in [5.74, 6) is 0.230. The second-order valence-electron chi connectivity index (χ2n) is 5.97. The Morgan fingerprint density at radius 1 is 1.28 bits per heavy atom. The maximum atomic E-state index is 12.7. The molecule has 0 saturated heterocycles. The van der Waals surface area contributed by atoms with Crippen LogP contribution in [0.15, 0.2) is 48.5 Å². The highest BCUT2D eigenvalue weighted by atomic mass is 35.5. The number of hydrogen-bond donors (Lipinski definition) is 0. The maximum Gasteiger partial charge on any atom is 0.265 e. The monoisotopic (exact) mass is 358 g/mol. The van der Waals surface area contributed by atoms with Gasteiger partial charge in [0.2, 0.25) is 5.91 Å². The molecule has 2 aromatic rings. The van der Waals surface area contributed by atoms with E-state index in [-0.39, 0.29) is 31.0 Å². The molecule has 0 radical (unpaired) electrons. The van der Waals surface area contributed by atoms with E-state index in [9.17, 15) is 9.59 Å². The lowest BCUT2D eigenvalue weighted by atomic mass is 10.1. The van der Waals surface area contributed by atoms with E-state index in [4.69, 9.17) is 16.3 Å². The van der Waals surface area contributed by atoms with Gasteiger partial charge in [-0.15, -0.1) is 0 Å². The molecule has 0 saturated carbocycles. The SMILES string of the molecule is CC(c1cccc(Cl)c1)N(C)C(=O)CN1C(=O)COc2ccccc21. The Hall–Kier alpha value is -2.53. The van der Waals surface area contributed by atoms with Gasteiger partial charge >= 0.3 is 0 Å². The lowest BCUT2D eigenvalue weighted by Crippen LogP contribution is -2.46. The van der Waals surface area contributed by atoms with Gasteiger partial charge in [0.05, 0.1) is 11.7 Å². The van der Waals surface area contributed by atoms with E-state index in [1.165, 1.54) is 4.90 Å². The van der Waals surface area contributed by atoms with E-state index in [1.807, 2.05) is 37.3 Å². The Morgan fingerprint density at radius 2 is 2.04 bits per heavy atom. The molecular weight excluding hydrogens is 340 g/mol. The summed E-state index contributed by atoms with van der Waals surface area (Å²) in [6, 6.07) is 14.5. The van der Waals surface area contributed by atoms with Crippen molar-refractivity contribution < 1.29 is 14.3 Å². The zero-order valence-electron chi connectivity index (χ0n) is 14.1. The Morgan fingerprint density at radius 3 is 2.80 bits per heavy atom. The van der Waals surface area contributed by atoms with Gasteiger partial charge in [-0.3, -0.25) is 14.5 Å². The summed E-state index contributed by atoms with van der Waals surface area (Å²) in [4.78, 5) is 28.0. The van der Waals surface area contributed by atoms with Crippen molar-refractivity contribution in [2.24, 2.45) is 0 Å². The highest BCUT2D eigenvalue weighted by Gasteiger charge is 2.29. The number of anilines is 1. The molecule has 6 heteroatoms. The van der Waals surface area contributed by atoms with Crippen LogP contribution in [0.2, 0.25) is 5.02 Å². The van der Waals surface area contributed by atoms with Crippen molar-refractivity contribution in [3.05, 3.63) is 59.1 Å². The molecule has 1 heterocycles. The first kappa shape index (κ1) is 17.3. The van der Waals surface area contributed by atoms with E-state index >= 15 is 0 Å². The van der Waals surface area contributed by atoms with Crippen LogP contribution in [0.5, 0.6) is 5.75 Å². The lowest BCUT2D eigenvalue weighted by molar-refractivity contribution is -0.132. The van der Waals surface area contributed by atoms with Crippen molar-refractivity contribution in [1.82, 2.24) is 4.90 Å². The van der Waals surface area contributed by atoms with Gasteiger partial charge in [0.25, 0.3) is 5.91 Å². The summed E-state index contributed by atoms with van der Waals surface area (Å²) >= 11 is 6.03. The van der Waals surface area contributed by atoms with E-state index in [2.05, 4.69) is 0 Å². The number of rotatable bonds is 4. The minimum Gasteiger partial charge on any atom is -0.482 e. The number of ether oxygens (including phenoxy) is 1. The standard InChI is InChI=1S/C19H19ClN2O3/c1-13(14-6-5-7-15(20)10-14)21(2)18(23)11-22-16-8-3-4-9-17(16)25-12-19(22)24/h3-10,13H,11-12H2,1-2H3. The number of fused-ring (bicyclic) bond motifs is 1.